The Bertz CT molecular complexity index is 517. The van der Waals surface area contributed by atoms with Crippen molar-refractivity contribution in [1.29, 1.82) is 0 Å². The molecule has 2 N–H and O–H groups in total. The molecular formula is C16H23ClF2N2O2. The summed E-state index contributed by atoms with van der Waals surface area (Å²) < 4.78 is 31.3. The fraction of sp³-hybridized carbons (Fsp3) is 0.562. The summed E-state index contributed by atoms with van der Waals surface area (Å²) in [6.45, 7) is 4.16. The number of amides is 1. The summed E-state index contributed by atoms with van der Waals surface area (Å²) >= 11 is 0. The van der Waals surface area contributed by atoms with Crippen LogP contribution in [0.5, 0.6) is 5.75 Å². The number of piperidine rings is 1. The lowest BCUT2D eigenvalue weighted by Crippen LogP contribution is -2.48. The van der Waals surface area contributed by atoms with E-state index >= 15 is 0 Å². The van der Waals surface area contributed by atoms with Gasteiger partial charge in [0.25, 0.3) is 0 Å². The zero-order valence-electron chi connectivity index (χ0n) is 13.1. The Balaban J connectivity index is 0.00000264. The lowest BCUT2D eigenvalue weighted by molar-refractivity contribution is -0.122. The second-order valence-corrected chi connectivity index (χ2v) is 5.67. The van der Waals surface area contributed by atoms with Crippen LogP contribution in [0.25, 0.3) is 0 Å². The van der Waals surface area contributed by atoms with Crippen molar-refractivity contribution < 1.29 is 18.3 Å². The summed E-state index contributed by atoms with van der Waals surface area (Å²) in [6, 6.07) is 3.38. The molecule has 0 saturated carbocycles. The van der Waals surface area contributed by atoms with Gasteiger partial charge in [0.2, 0.25) is 5.91 Å². The van der Waals surface area contributed by atoms with E-state index in [1.165, 1.54) is 6.07 Å². The van der Waals surface area contributed by atoms with E-state index in [1.807, 2.05) is 0 Å². The van der Waals surface area contributed by atoms with E-state index in [2.05, 4.69) is 17.6 Å². The second-order valence-electron chi connectivity index (χ2n) is 5.67. The van der Waals surface area contributed by atoms with Crippen molar-refractivity contribution in [3.8, 4) is 5.75 Å². The number of ether oxygens (including phenoxy) is 1. The molecule has 0 spiro atoms. The van der Waals surface area contributed by atoms with Gasteiger partial charge in [0.15, 0.2) is 11.6 Å². The van der Waals surface area contributed by atoms with Gasteiger partial charge in [0.1, 0.15) is 5.82 Å². The topological polar surface area (TPSA) is 50.4 Å². The van der Waals surface area contributed by atoms with Crippen molar-refractivity contribution >= 4 is 18.3 Å². The van der Waals surface area contributed by atoms with Gasteiger partial charge in [-0.25, -0.2) is 8.78 Å². The van der Waals surface area contributed by atoms with E-state index in [0.29, 0.717) is 18.8 Å². The summed E-state index contributed by atoms with van der Waals surface area (Å²) in [5.41, 5.74) is 0. The molecular weight excluding hydrogens is 326 g/mol. The molecule has 23 heavy (non-hydrogen) atoms. The zero-order chi connectivity index (χ0) is 15.9. The highest BCUT2D eigenvalue weighted by atomic mass is 35.5. The minimum Gasteiger partial charge on any atom is -0.491 e. The molecule has 1 aliphatic heterocycles. The van der Waals surface area contributed by atoms with Gasteiger partial charge in [-0.05, 0) is 44.0 Å². The molecule has 2 rings (SSSR count). The van der Waals surface area contributed by atoms with Gasteiger partial charge in [-0.1, -0.05) is 6.92 Å². The van der Waals surface area contributed by atoms with Crippen LogP contribution in [0.1, 0.15) is 26.2 Å². The lowest BCUT2D eigenvalue weighted by atomic mass is 9.95. The molecule has 1 aromatic carbocycles. The van der Waals surface area contributed by atoms with Crippen molar-refractivity contribution in [3.05, 3.63) is 29.8 Å². The first-order chi connectivity index (χ1) is 10.6. The minimum atomic E-state index is -0.729. The molecule has 7 heteroatoms. The molecule has 1 amide bonds. The Kier molecular flexibility index (Phi) is 8.26. The maximum Gasteiger partial charge on any atom is 0.220 e. The van der Waals surface area contributed by atoms with Crippen molar-refractivity contribution in [3.63, 3.8) is 0 Å². The van der Waals surface area contributed by atoms with Crippen molar-refractivity contribution in [2.45, 2.75) is 32.2 Å². The van der Waals surface area contributed by atoms with Crippen molar-refractivity contribution in [2.75, 3.05) is 19.7 Å². The molecule has 2 atom stereocenters. The number of carbonyl (C=O) groups is 1. The van der Waals surface area contributed by atoms with E-state index in [4.69, 9.17) is 4.74 Å². The van der Waals surface area contributed by atoms with Crippen LogP contribution in [0.2, 0.25) is 0 Å². The van der Waals surface area contributed by atoms with Crippen LogP contribution < -0.4 is 15.4 Å². The molecule has 4 nitrogen and oxygen atoms in total. The normalized spacial score (nSPS) is 20.5. The van der Waals surface area contributed by atoms with Crippen LogP contribution in [0.4, 0.5) is 8.78 Å². The zero-order valence-corrected chi connectivity index (χ0v) is 13.9. The standard InChI is InChI=1S/C16H22F2N2O2.ClH/c1-11-10-19-7-6-14(11)20-16(21)3-2-8-22-15-5-4-12(17)9-13(15)18;/h4-5,9,11,14,19H,2-3,6-8,10H2,1H3,(H,20,21);1H. The van der Waals surface area contributed by atoms with Crippen LogP contribution >= 0.6 is 12.4 Å². The molecule has 1 aromatic rings. The molecule has 1 fully saturated rings. The number of nitrogens with one attached hydrogen (secondary N) is 2. The highest BCUT2D eigenvalue weighted by Gasteiger charge is 2.22. The Morgan fingerprint density at radius 3 is 2.91 bits per heavy atom. The number of hydrogen-bond donors (Lipinski definition) is 2. The van der Waals surface area contributed by atoms with Crippen LogP contribution in [-0.4, -0.2) is 31.6 Å². The molecule has 1 aliphatic rings. The predicted octanol–water partition coefficient (Wildman–Crippen LogP) is 2.66. The maximum absolute atomic E-state index is 13.3. The fourth-order valence-corrected chi connectivity index (χ4v) is 2.51. The van der Waals surface area contributed by atoms with Gasteiger partial charge < -0.3 is 15.4 Å². The minimum absolute atomic E-state index is 0. The summed E-state index contributed by atoms with van der Waals surface area (Å²) in [6.07, 6.45) is 1.76. The van der Waals surface area contributed by atoms with Gasteiger partial charge in [-0.2, -0.15) is 0 Å². The third kappa shape index (κ3) is 6.31. The smallest absolute Gasteiger partial charge is 0.220 e. The largest absolute Gasteiger partial charge is 0.491 e. The van der Waals surface area contributed by atoms with Crippen LogP contribution in [-0.2, 0) is 4.79 Å². The van der Waals surface area contributed by atoms with Gasteiger partial charge in [-0.15, -0.1) is 12.4 Å². The average Bonchev–Trinajstić information content (AvgIpc) is 2.48. The van der Waals surface area contributed by atoms with Gasteiger partial charge in [0.05, 0.1) is 6.61 Å². The number of rotatable bonds is 6. The second kappa shape index (κ2) is 9.67. The van der Waals surface area contributed by atoms with Gasteiger partial charge >= 0.3 is 0 Å². The Morgan fingerprint density at radius 2 is 2.22 bits per heavy atom. The highest BCUT2D eigenvalue weighted by Crippen LogP contribution is 2.18. The first-order valence-corrected chi connectivity index (χ1v) is 7.64. The third-order valence-corrected chi connectivity index (χ3v) is 3.83. The number of hydrogen-bond acceptors (Lipinski definition) is 3. The molecule has 0 radical (unpaired) electrons. The van der Waals surface area contributed by atoms with E-state index in [0.717, 1.165) is 31.6 Å². The molecule has 1 heterocycles. The third-order valence-electron chi connectivity index (χ3n) is 3.83. The van der Waals surface area contributed by atoms with Crippen LogP contribution in [0.15, 0.2) is 18.2 Å². The lowest BCUT2D eigenvalue weighted by Gasteiger charge is -2.30. The van der Waals surface area contributed by atoms with Crippen molar-refractivity contribution in [2.24, 2.45) is 5.92 Å². The molecule has 0 aromatic heterocycles. The number of benzene rings is 1. The molecule has 0 aliphatic carbocycles. The van der Waals surface area contributed by atoms with E-state index in [1.54, 1.807) is 0 Å². The SMILES string of the molecule is CC1CNCCC1NC(=O)CCCOc1ccc(F)cc1F.Cl. The van der Waals surface area contributed by atoms with E-state index < -0.39 is 11.6 Å². The summed E-state index contributed by atoms with van der Waals surface area (Å²) in [7, 11) is 0. The van der Waals surface area contributed by atoms with E-state index in [9.17, 15) is 13.6 Å². The summed E-state index contributed by atoms with van der Waals surface area (Å²) in [4.78, 5) is 11.9. The first kappa shape index (κ1) is 19.6. The van der Waals surface area contributed by atoms with Gasteiger partial charge in [-0.3, -0.25) is 4.79 Å². The molecule has 0 bridgehead atoms. The summed E-state index contributed by atoms with van der Waals surface area (Å²) in [5, 5.41) is 6.31. The molecule has 2 unspecified atom stereocenters. The Hall–Kier alpha value is -1.40. The Labute approximate surface area is 141 Å². The fourth-order valence-electron chi connectivity index (χ4n) is 2.51. The van der Waals surface area contributed by atoms with Crippen LogP contribution in [0, 0.1) is 17.6 Å². The Morgan fingerprint density at radius 1 is 1.43 bits per heavy atom. The monoisotopic (exact) mass is 348 g/mol. The van der Waals surface area contributed by atoms with Gasteiger partial charge in [0, 0.05) is 18.5 Å². The van der Waals surface area contributed by atoms with Crippen molar-refractivity contribution in [1.82, 2.24) is 10.6 Å². The maximum atomic E-state index is 13.3. The first-order valence-electron chi connectivity index (χ1n) is 7.64. The number of halogens is 3. The highest BCUT2D eigenvalue weighted by molar-refractivity contribution is 5.85. The molecule has 130 valence electrons. The average molecular weight is 349 g/mol. The quantitative estimate of drug-likeness (QED) is 0.777. The number of carbonyl (C=O) groups excluding carboxylic acids is 1. The molecule has 1 saturated heterocycles. The van der Waals surface area contributed by atoms with E-state index in [-0.39, 0.29) is 36.7 Å². The summed E-state index contributed by atoms with van der Waals surface area (Å²) in [5.74, 6) is -0.953. The van der Waals surface area contributed by atoms with Crippen LogP contribution in [0.3, 0.4) is 0 Å². The predicted molar refractivity (Wildman–Crippen MR) is 86.9 cm³/mol.